The molecule has 1 fully saturated rings. The molecule has 0 spiro atoms. The summed E-state index contributed by atoms with van der Waals surface area (Å²) < 4.78 is 5.85. The highest BCUT2D eigenvalue weighted by Crippen LogP contribution is 2.35. The first-order valence-corrected chi connectivity index (χ1v) is 7.33. The van der Waals surface area contributed by atoms with Crippen LogP contribution in [-0.4, -0.2) is 6.04 Å². The second kappa shape index (κ2) is 5.01. The Morgan fingerprint density at radius 3 is 2.95 bits per heavy atom. The number of benzene rings is 1. The Morgan fingerprint density at radius 1 is 1.32 bits per heavy atom. The summed E-state index contributed by atoms with van der Waals surface area (Å²) in [5.41, 5.74) is 1.48. The van der Waals surface area contributed by atoms with Crippen molar-refractivity contribution in [3.8, 4) is 0 Å². The molecule has 102 valence electrons. The number of hydrogen-bond acceptors (Lipinski definition) is 2. The lowest BCUT2D eigenvalue weighted by Gasteiger charge is -2.35. The van der Waals surface area contributed by atoms with Crippen molar-refractivity contribution < 1.29 is 4.42 Å². The van der Waals surface area contributed by atoms with Gasteiger partial charge in [0.1, 0.15) is 11.3 Å². The second-order valence-corrected chi connectivity index (χ2v) is 6.59. The number of fused-ring (bicyclic) bond motifs is 1. The van der Waals surface area contributed by atoms with Crippen molar-refractivity contribution in [2.24, 2.45) is 5.41 Å². The molecule has 0 saturated heterocycles. The Labute approximate surface area is 115 Å². The molecule has 3 rings (SSSR count). The standard InChI is InChI=1S/C17H23NO/c1-17(2)9-5-7-14(11-17)18-12-15-10-13-6-3-4-8-16(13)19-15/h3-4,6,8,10,14,18H,5,7,9,11-12H2,1-2H3. The third kappa shape index (κ3) is 3.01. The van der Waals surface area contributed by atoms with E-state index in [1.165, 1.54) is 31.1 Å². The van der Waals surface area contributed by atoms with Crippen LogP contribution in [0, 0.1) is 5.41 Å². The fourth-order valence-corrected chi connectivity index (χ4v) is 3.24. The van der Waals surface area contributed by atoms with E-state index in [0.717, 1.165) is 17.9 Å². The van der Waals surface area contributed by atoms with Crippen molar-refractivity contribution in [2.75, 3.05) is 0 Å². The molecular weight excluding hydrogens is 234 g/mol. The van der Waals surface area contributed by atoms with Gasteiger partial charge in [-0.05, 0) is 36.8 Å². The lowest BCUT2D eigenvalue weighted by atomic mass is 9.75. The number of furan rings is 1. The first kappa shape index (κ1) is 12.7. The van der Waals surface area contributed by atoms with Gasteiger partial charge in [0.25, 0.3) is 0 Å². The van der Waals surface area contributed by atoms with Gasteiger partial charge in [-0.25, -0.2) is 0 Å². The van der Waals surface area contributed by atoms with E-state index in [0.29, 0.717) is 11.5 Å². The summed E-state index contributed by atoms with van der Waals surface area (Å²) in [4.78, 5) is 0. The molecular formula is C17H23NO. The number of nitrogens with one attached hydrogen (secondary N) is 1. The van der Waals surface area contributed by atoms with Gasteiger partial charge in [0.15, 0.2) is 0 Å². The minimum Gasteiger partial charge on any atom is -0.460 e. The highest BCUT2D eigenvalue weighted by molar-refractivity contribution is 5.77. The molecule has 1 saturated carbocycles. The Morgan fingerprint density at radius 2 is 2.16 bits per heavy atom. The van der Waals surface area contributed by atoms with Crippen molar-refractivity contribution in [3.05, 3.63) is 36.1 Å². The van der Waals surface area contributed by atoms with E-state index in [1.807, 2.05) is 12.1 Å². The van der Waals surface area contributed by atoms with Crippen LogP contribution in [0.2, 0.25) is 0 Å². The minimum absolute atomic E-state index is 0.490. The predicted molar refractivity (Wildman–Crippen MR) is 79.1 cm³/mol. The van der Waals surface area contributed by atoms with Crippen LogP contribution in [0.25, 0.3) is 11.0 Å². The van der Waals surface area contributed by atoms with Crippen molar-refractivity contribution in [1.29, 1.82) is 0 Å². The van der Waals surface area contributed by atoms with Crippen LogP contribution in [0.15, 0.2) is 34.7 Å². The zero-order valence-corrected chi connectivity index (χ0v) is 11.9. The first-order valence-electron chi connectivity index (χ1n) is 7.33. The van der Waals surface area contributed by atoms with Gasteiger partial charge in [-0.1, -0.05) is 38.5 Å². The molecule has 0 aliphatic heterocycles. The fraction of sp³-hybridized carbons (Fsp3) is 0.529. The largest absolute Gasteiger partial charge is 0.460 e. The van der Waals surface area contributed by atoms with Gasteiger partial charge in [-0.2, -0.15) is 0 Å². The van der Waals surface area contributed by atoms with Crippen LogP contribution >= 0.6 is 0 Å². The highest BCUT2D eigenvalue weighted by Gasteiger charge is 2.27. The number of hydrogen-bond donors (Lipinski definition) is 1. The lowest BCUT2D eigenvalue weighted by molar-refractivity contribution is 0.196. The Hall–Kier alpha value is -1.28. The van der Waals surface area contributed by atoms with E-state index in [4.69, 9.17) is 4.42 Å². The molecule has 1 aliphatic carbocycles. The molecule has 2 heteroatoms. The molecule has 1 aromatic heterocycles. The summed E-state index contributed by atoms with van der Waals surface area (Å²) in [5, 5.41) is 4.86. The zero-order chi connectivity index (χ0) is 13.3. The third-order valence-electron chi connectivity index (χ3n) is 4.25. The molecule has 2 nitrogen and oxygen atoms in total. The van der Waals surface area contributed by atoms with Gasteiger partial charge in [0.2, 0.25) is 0 Å². The molecule has 1 aliphatic rings. The predicted octanol–water partition coefficient (Wildman–Crippen LogP) is 4.49. The molecule has 1 aromatic carbocycles. The molecule has 0 amide bonds. The highest BCUT2D eigenvalue weighted by atomic mass is 16.3. The zero-order valence-electron chi connectivity index (χ0n) is 11.9. The molecule has 1 heterocycles. The smallest absolute Gasteiger partial charge is 0.134 e. The number of rotatable bonds is 3. The van der Waals surface area contributed by atoms with Crippen LogP contribution in [0.5, 0.6) is 0 Å². The van der Waals surface area contributed by atoms with E-state index in [2.05, 4.69) is 37.4 Å². The lowest BCUT2D eigenvalue weighted by Crippen LogP contribution is -2.36. The van der Waals surface area contributed by atoms with Crippen LogP contribution < -0.4 is 5.32 Å². The van der Waals surface area contributed by atoms with Crippen LogP contribution in [0.4, 0.5) is 0 Å². The molecule has 1 unspecified atom stereocenters. The van der Waals surface area contributed by atoms with Gasteiger partial charge in [-0.3, -0.25) is 0 Å². The third-order valence-corrected chi connectivity index (χ3v) is 4.25. The quantitative estimate of drug-likeness (QED) is 0.876. The maximum atomic E-state index is 5.85. The molecule has 2 aromatic rings. The summed E-state index contributed by atoms with van der Waals surface area (Å²) in [6.45, 7) is 5.60. The number of para-hydroxylation sites is 1. The van der Waals surface area contributed by atoms with Crippen LogP contribution in [-0.2, 0) is 6.54 Å². The molecule has 1 atom stereocenters. The van der Waals surface area contributed by atoms with Crippen molar-refractivity contribution >= 4 is 11.0 Å². The Kier molecular flexibility index (Phi) is 3.36. The fourth-order valence-electron chi connectivity index (χ4n) is 3.24. The molecule has 0 radical (unpaired) electrons. The van der Waals surface area contributed by atoms with Gasteiger partial charge in [-0.15, -0.1) is 0 Å². The van der Waals surface area contributed by atoms with Gasteiger partial charge in [0, 0.05) is 11.4 Å². The Balaban J connectivity index is 1.62. The average molecular weight is 257 g/mol. The van der Waals surface area contributed by atoms with Crippen molar-refractivity contribution in [3.63, 3.8) is 0 Å². The monoisotopic (exact) mass is 257 g/mol. The first-order chi connectivity index (χ1) is 9.12. The van der Waals surface area contributed by atoms with E-state index >= 15 is 0 Å². The normalized spacial score (nSPS) is 22.7. The van der Waals surface area contributed by atoms with E-state index in [-0.39, 0.29) is 0 Å². The van der Waals surface area contributed by atoms with Gasteiger partial charge >= 0.3 is 0 Å². The summed E-state index contributed by atoms with van der Waals surface area (Å²) >= 11 is 0. The second-order valence-electron chi connectivity index (χ2n) is 6.59. The van der Waals surface area contributed by atoms with E-state index in [9.17, 15) is 0 Å². The topological polar surface area (TPSA) is 25.2 Å². The molecule has 0 bridgehead atoms. The summed E-state index contributed by atoms with van der Waals surface area (Å²) in [7, 11) is 0. The maximum absolute atomic E-state index is 5.85. The SMILES string of the molecule is CC1(C)CCCC(NCc2cc3ccccc3o2)C1. The summed E-state index contributed by atoms with van der Waals surface area (Å²) in [6.07, 6.45) is 5.26. The van der Waals surface area contributed by atoms with E-state index in [1.54, 1.807) is 0 Å². The van der Waals surface area contributed by atoms with Crippen LogP contribution in [0.3, 0.4) is 0 Å². The van der Waals surface area contributed by atoms with Gasteiger partial charge < -0.3 is 9.73 Å². The molecule has 19 heavy (non-hydrogen) atoms. The average Bonchev–Trinajstić information content (AvgIpc) is 2.78. The van der Waals surface area contributed by atoms with Crippen LogP contribution in [0.1, 0.15) is 45.3 Å². The van der Waals surface area contributed by atoms with Crippen molar-refractivity contribution in [2.45, 2.75) is 52.1 Å². The van der Waals surface area contributed by atoms with E-state index < -0.39 is 0 Å². The van der Waals surface area contributed by atoms with Crippen molar-refractivity contribution in [1.82, 2.24) is 5.32 Å². The summed E-state index contributed by atoms with van der Waals surface area (Å²) in [6, 6.07) is 11.0. The Bertz CT molecular complexity index is 522. The minimum atomic E-state index is 0.490. The maximum Gasteiger partial charge on any atom is 0.134 e. The molecule has 1 N–H and O–H groups in total. The summed E-state index contributed by atoms with van der Waals surface area (Å²) in [5.74, 6) is 1.05. The van der Waals surface area contributed by atoms with Gasteiger partial charge in [0.05, 0.1) is 6.54 Å².